The standard InChI is InChI=1S/C20H21N3O2.ClH/c1-14-12-21-10-11-22(14)19(24)13-23-17-8-4-2-6-15(17)20(25)16-7-3-5-9-18(16)23;/h2-9,14,21H,10-13H2,1H3;1H/t14-;/m1./s1. The van der Waals surface area contributed by atoms with Gasteiger partial charge in [0.1, 0.15) is 6.54 Å². The first-order chi connectivity index (χ1) is 12.2. The molecular weight excluding hydrogens is 350 g/mol. The summed E-state index contributed by atoms with van der Waals surface area (Å²) < 4.78 is 1.98. The van der Waals surface area contributed by atoms with Crippen molar-refractivity contribution in [3.8, 4) is 0 Å². The quantitative estimate of drug-likeness (QED) is 0.704. The molecule has 4 rings (SSSR count). The summed E-state index contributed by atoms with van der Waals surface area (Å²) in [5.41, 5.74) is 1.63. The van der Waals surface area contributed by atoms with Crippen LogP contribution in [0.25, 0.3) is 21.8 Å². The molecule has 26 heavy (non-hydrogen) atoms. The molecule has 0 unspecified atom stereocenters. The van der Waals surface area contributed by atoms with Crippen molar-refractivity contribution < 1.29 is 4.79 Å². The lowest BCUT2D eigenvalue weighted by molar-refractivity contribution is -0.134. The Kier molecular flexibility index (Phi) is 5.30. The smallest absolute Gasteiger partial charge is 0.242 e. The third-order valence-electron chi connectivity index (χ3n) is 4.99. The molecule has 1 saturated heterocycles. The molecule has 1 fully saturated rings. The van der Waals surface area contributed by atoms with Gasteiger partial charge >= 0.3 is 0 Å². The molecule has 136 valence electrons. The molecule has 3 aromatic rings. The van der Waals surface area contributed by atoms with Gasteiger partial charge in [0.25, 0.3) is 0 Å². The number of hydrogen-bond acceptors (Lipinski definition) is 3. The highest BCUT2D eigenvalue weighted by Crippen LogP contribution is 2.19. The van der Waals surface area contributed by atoms with E-state index in [4.69, 9.17) is 0 Å². The second-order valence-corrected chi connectivity index (χ2v) is 6.59. The molecule has 0 aliphatic carbocycles. The number of amides is 1. The van der Waals surface area contributed by atoms with Crippen LogP contribution < -0.4 is 10.7 Å². The van der Waals surface area contributed by atoms with E-state index in [1.807, 2.05) is 58.0 Å². The molecule has 0 bridgehead atoms. The first-order valence-electron chi connectivity index (χ1n) is 8.67. The van der Waals surface area contributed by atoms with Gasteiger partial charge in [0, 0.05) is 36.4 Å². The van der Waals surface area contributed by atoms with Crippen LogP contribution in [0.15, 0.2) is 53.3 Å². The first-order valence-corrected chi connectivity index (χ1v) is 8.67. The fourth-order valence-corrected chi connectivity index (χ4v) is 3.68. The van der Waals surface area contributed by atoms with E-state index in [2.05, 4.69) is 12.2 Å². The average Bonchev–Trinajstić information content (AvgIpc) is 2.65. The largest absolute Gasteiger partial charge is 0.336 e. The summed E-state index contributed by atoms with van der Waals surface area (Å²) in [7, 11) is 0. The number of aromatic nitrogens is 1. The Hall–Kier alpha value is -2.37. The molecule has 2 heterocycles. The van der Waals surface area contributed by atoms with Crippen LogP contribution in [0.2, 0.25) is 0 Å². The monoisotopic (exact) mass is 371 g/mol. The number of pyridine rings is 1. The Bertz CT molecular complexity index is 955. The highest BCUT2D eigenvalue weighted by Gasteiger charge is 2.24. The Morgan fingerprint density at radius 3 is 2.23 bits per heavy atom. The van der Waals surface area contributed by atoms with Gasteiger partial charge in [-0.3, -0.25) is 9.59 Å². The van der Waals surface area contributed by atoms with Gasteiger partial charge < -0.3 is 14.8 Å². The number of piperazine rings is 1. The van der Waals surface area contributed by atoms with Gasteiger partial charge in [-0.25, -0.2) is 0 Å². The zero-order chi connectivity index (χ0) is 17.4. The van der Waals surface area contributed by atoms with E-state index < -0.39 is 0 Å². The molecular formula is C20H22ClN3O2. The van der Waals surface area contributed by atoms with Gasteiger partial charge in [-0.05, 0) is 31.2 Å². The molecule has 1 N–H and O–H groups in total. The number of rotatable bonds is 2. The number of fused-ring (bicyclic) bond motifs is 2. The summed E-state index contributed by atoms with van der Waals surface area (Å²) in [5, 5.41) is 4.62. The van der Waals surface area contributed by atoms with E-state index in [-0.39, 0.29) is 36.3 Å². The van der Waals surface area contributed by atoms with Crippen LogP contribution in [0.4, 0.5) is 0 Å². The van der Waals surface area contributed by atoms with Gasteiger partial charge in [0.2, 0.25) is 5.91 Å². The van der Waals surface area contributed by atoms with Crippen molar-refractivity contribution in [3.05, 3.63) is 58.8 Å². The SMILES string of the molecule is C[C@@H]1CNCCN1C(=O)Cn1c2ccccc2c(=O)c2ccccc21.Cl. The molecule has 0 radical (unpaired) electrons. The minimum atomic E-state index is 0. The van der Waals surface area contributed by atoms with E-state index in [0.29, 0.717) is 10.8 Å². The Morgan fingerprint density at radius 2 is 1.65 bits per heavy atom. The number of benzene rings is 2. The fraction of sp³-hybridized carbons (Fsp3) is 0.300. The van der Waals surface area contributed by atoms with E-state index in [9.17, 15) is 9.59 Å². The maximum atomic E-state index is 12.9. The molecule has 1 amide bonds. The summed E-state index contributed by atoms with van der Waals surface area (Å²) >= 11 is 0. The molecule has 0 spiro atoms. The van der Waals surface area contributed by atoms with Crippen LogP contribution in [0, 0.1) is 0 Å². The number of halogens is 1. The maximum absolute atomic E-state index is 12.9. The lowest BCUT2D eigenvalue weighted by Gasteiger charge is -2.34. The lowest BCUT2D eigenvalue weighted by Crippen LogP contribution is -2.53. The minimum Gasteiger partial charge on any atom is -0.336 e. The van der Waals surface area contributed by atoms with Crippen LogP contribution in [-0.2, 0) is 11.3 Å². The third-order valence-corrected chi connectivity index (χ3v) is 4.99. The Morgan fingerprint density at radius 1 is 1.08 bits per heavy atom. The summed E-state index contributed by atoms with van der Waals surface area (Å²) in [6, 6.07) is 15.2. The summed E-state index contributed by atoms with van der Waals surface area (Å²) in [6.45, 7) is 4.66. The van der Waals surface area contributed by atoms with Gasteiger partial charge in [0.15, 0.2) is 5.43 Å². The van der Waals surface area contributed by atoms with E-state index in [1.54, 1.807) is 0 Å². The number of carbonyl (C=O) groups excluding carboxylic acids is 1. The van der Waals surface area contributed by atoms with Gasteiger partial charge in [-0.1, -0.05) is 24.3 Å². The predicted octanol–water partition coefficient (Wildman–Crippen LogP) is 2.40. The minimum absolute atomic E-state index is 0. The number of para-hydroxylation sites is 2. The van der Waals surface area contributed by atoms with Crippen LogP contribution in [0.3, 0.4) is 0 Å². The van der Waals surface area contributed by atoms with Crippen molar-refractivity contribution in [2.45, 2.75) is 19.5 Å². The van der Waals surface area contributed by atoms with Gasteiger partial charge in [0.05, 0.1) is 11.0 Å². The van der Waals surface area contributed by atoms with Crippen LogP contribution in [-0.4, -0.2) is 41.1 Å². The van der Waals surface area contributed by atoms with E-state index in [1.165, 1.54) is 0 Å². The van der Waals surface area contributed by atoms with Gasteiger partial charge in [-0.15, -0.1) is 12.4 Å². The predicted molar refractivity (Wildman–Crippen MR) is 107 cm³/mol. The molecule has 1 atom stereocenters. The highest BCUT2D eigenvalue weighted by molar-refractivity contribution is 5.94. The summed E-state index contributed by atoms with van der Waals surface area (Å²) in [5.74, 6) is 0.0907. The zero-order valence-electron chi connectivity index (χ0n) is 14.6. The number of nitrogens with one attached hydrogen (secondary N) is 1. The first kappa shape index (κ1) is 18.4. The second kappa shape index (κ2) is 7.48. The van der Waals surface area contributed by atoms with Crippen molar-refractivity contribution in [2.24, 2.45) is 0 Å². The average molecular weight is 372 g/mol. The lowest BCUT2D eigenvalue weighted by atomic mass is 10.1. The van der Waals surface area contributed by atoms with Crippen molar-refractivity contribution in [1.29, 1.82) is 0 Å². The fourth-order valence-electron chi connectivity index (χ4n) is 3.68. The van der Waals surface area contributed by atoms with Crippen molar-refractivity contribution >= 4 is 40.1 Å². The second-order valence-electron chi connectivity index (χ2n) is 6.59. The van der Waals surface area contributed by atoms with Crippen molar-refractivity contribution in [3.63, 3.8) is 0 Å². The van der Waals surface area contributed by atoms with Crippen LogP contribution in [0.1, 0.15) is 6.92 Å². The van der Waals surface area contributed by atoms with Crippen molar-refractivity contribution in [2.75, 3.05) is 19.6 Å². The topological polar surface area (TPSA) is 54.3 Å². The molecule has 6 heteroatoms. The molecule has 1 aromatic heterocycles. The maximum Gasteiger partial charge on any atom is 0.242 e. The van der Waals surface area contributed by atoms with E-state index >= 15 is 0 Å². The Labute approximate surface area is 158 Å². The third kappa shape index (κ3) is 3.08. The summed E-state index contributed by atoms with van der Waals surface area (Å²) in [4.78, 5) is 27.6. The van der Waals surface area contributed by atoms with Crippen LogP contribution >= 0.6 is 12.4 Å². The molecule has 1 aliphatic heterocycles. The molecule has 5 nitrogen and oxygen atoms in total. The van der Waals surface area contributed by atoms with Crippen molar-refractivity contribution in [1.82, 2.24) is 14.8 Å². The molecule has 1 aliphatic rings. The molecule has 2 aromatic carbocycles. The zero-order valence-corrected chi connectivity index (χ0v) is 15.5. The molecule has 0 saturated carbocycles. The van der Waals surface area contributed by atoms with E-state index in [0.717, 1.165) is 30.7 Å². The van der Waals surface area contributed by atoms with Gasteiger partial charge in [-0.2, -0.15) is 0 Å². The number of hydrogen-bond donors (Lipinski definition) is 1. The normalized spacial score (nSPS) is 17.3. The number of nitrogens with zero attached hydrogens (tertiary/aromatic N) is 2. The highest BCUT2D eigenvalue weighted by atomic mass is 35.5. The number of carbonyl (C=O) groups is 1. The Balaban J connectivity index is 0.00000196. The van der Waals surface area contributed by atoms with Crippen LogP contribution in [0.5, 0.6) is 0 Å². The summed E-state index contributed by atoms with van der Waals surface area (Å²) in [6.07, 6.45) is 0.